The van der Waals surface area contributed by atoms with E-state index in [1.54, 1.807) is 4.68 Å². The Morgan fingerprint density at radius 3 is 2.65 bits per heavy atom. The molecular weight excluding hydrogens is 214 g/mol. The van der Waals surface area contributed by atoms with Gasteiger partial charge in [0, 0.05) is 12.6 Å². The summed E-state index contributed by atoms with van der Waals surface area (Å²) >= 11 is 0. The third kappa shape index (κ3) is 2.13. The molecule has 0 radical (unpaired) electrons. The number of fused-ring (bicyclic) bond motifs is 1. The minimum Gasteiger partial charge on any atom is -0.324 e. The highest BCUT2D eigenvalue weighted by Crippen LogP contribution is 2.19. The zero-order valence-electron chi connectivity index (χ0n) is 10.5. The van der Waals surface area contributed by atoms with E-state index in [4.69, 9.17) is 5.73 Å². The van der Waals surface area contributed by atoms with Crippen LogP contribution in [0.4, 0.5) is 0 Å². The summed E-state index contributed by atoms with van der Waals surface area (Å²) < 4.78 is 1.67. The standard InChI is InChI=1S/C13H19N3O/c1-8(2)7-16-13(17)11-6-4-5-10(9(3)14)12(11)15-16/h4-6,8-9,15H,7,14H2,1-3H3. The fraction of sp³-hybridized carbons (Fsp3) is 0.462. The van der Waals surface area contributed by atoms with Gasteiger partial charge in [-0.15, -0.1) is 0 Å². The van der Waals surface area contributed by atoms with Crippen LogP contribution in [-0.4, -0.2) is 9.78 Å². The number of nitrogens with two attached hydrogens (primary N) is 1. The molecule has 2 rings (SSSR count). The first kappa shape index (κ1) is 11.9. The summed E-state index contributed by atoms with van der Waals surface area (Å²) in [6, 6.07) is 5.61. The first-order chi connectivity index (χ1) is 8.00. The molecule has 0 fully saturated rings. The van der Waals surface area contributed by atoms with Crippen molar-refractivity contribution >= 4 is 10.9 Å². The number of hydrogen-bond donors (Lipinski definition) is 2. The van der Waals surface area contributed by atoms with Crippen molar-refractivity contribution in [2.45, 2.75) is 33.4 Å². The second-order valence-corrected chi connectivity index (χ2v) is 4.98. The molecule has 0 amide bonds. The number of benzene rings is 1. The van der Waals surface area contributed by atoms with Gasteiger partial charge in [0.2, 0.25) is 0 Å². The van der Waals surface area contributed by atoms with E-state index in [-0.39, 0.29) is 11.6 Å². The van der Waals surface area contributed by atoms with Crippen molar-refractivity contribution in [3.05, 3.63) is 34.1 Å². The maximum absolute atomic E-state index is 12.1. The molecule has 1 aromatic heterocycles. The quantitative estimate of drug-likeness (QED) is 0.851. The van der Waals surface area contributed by atoms with Gasteiger partial charge >= 0.3 is 0 Å². The Balaban J connectivity index is 2.64. The van der Waals surface area contributed by atoms with Gasteiger partial charge in [-0.1, -0.05) is 26.0 Å². The Labute approximate surface area is 100 Å². The number of aromatic amines is 1. The van der Waals surface area contributed by atoms with Crippen molar-refractivity contribution in [2.75, 3.05) is 0 Å². The van der Waals surface area contributed by atoms with Gasteiger partial charge < -0.3 is 5.73 Å². The van der Waals surface area contributed by atoms with Gasteiger partial charge in [-0.05, 0) is 24.5 Å². The fourth-order valence-corrected chi connectivity index (χ4v) is 2.08. The Kier molecular flexibility index (Phi) is 3.07. The molecule has 3 N–H and O–H groups in total. The normalized spacial score (nSPS) is 13.5. The van der Waals surface area contributed by atoms with Gasteiger partial charge in [0.25, 0.3) is 5.56 Å². The molecule has 92 valence electrons. The molecule has 1 aromatic carbocycles. The lowest BCUT2D eigenvalue weighted by molar-refractivity contribution is 0.476. The van der Waals surface area contributed by atoms with Crippen LogP contribution in [-0.2, 0) is 6.54 Å². The van der Waals surface area contributed by atoms with Crippen LogP contribution < -0.4 is 11.3 Å². The molecule has 0 saturated heterocycles. The lowest BCUT2D eigenvalue weighted by Crippen LogP contribution is -2.19. The van der Waals surface area contributed by atoms with E-state index in [1.807, 2.05) is 25.1 Å². The van der Waals surface area contributed by atoms with Crippen LogP contribution in [0, 0.1) is 5.92 Å². The van der Waals surface area contributed by atoms with Crippen LogP contribution in [0.1, 0.15) is 32.4 Å². The first-order valence-corrected chi connectivity index (χ1v) is 5.97. The fourth-order valence-electron chi connectivity index (χ4n) is 2.08. The Morgan fingerprint density at radius 1 is 1.35 bits per heavy atom. The second-order valence-electron chi connectivity index (χ2n) is 4.98. The van der Waals surface area contributed by atoms with Crippen LogP contribution in [0.2, 0.25) is 0 Å². The summed E-state index contributed by atoms with van der Waals surface area (Å²) in [5.74, 6) is 0.430. The van der Waals surface area contributed by atoms with E-state index in [0.717, 1.165) is 16.5 Å². The molecule has 4 heteroatoms. The van der Waals surface area contributed by atoms with Gasteiger partial charge in [-0.3, -0.25) is 14.6 Å². The largest absolute Gasteiger partial charge is 0.324 e. The van der Waals surface area contributed by atoms with Gasteiger partial charge in [0.15, 0.2) is 0 Å². The van der Waals surface area contributed by atoms with Crippen LogP contribution in [0.5, 0.6) is 0 Å². The zero-order chi connectivity index (χ0) is 12.6. The number of nitrogens with zero attached hydrogens (tertiary/aromatic N) is 1. The Hall–Kier alpha value is -1.55. The number of nitrogens with one attached hydrogen (secondary N) is 1. The average molecular weight is 233 g/mol. The molecule has 1 atom stereocenters. The number of para-hydroxylation sites is 1. The molecule has 17 heavy (non-hydrogen) atoms. The molecule has 0 aliphatic carbocycles. The number of H-pyrrole nitrogens is 1. The SMILES string of the molecule is CC(C)Cn1[nH]c2c(C(C)N)cccc2c1=O. The van der Waals surface area contributed by atoms with E-state index < -0.39 is 0 Å². The predicted molar refractivity (Wildman–Crippen MR) is 70.0 cm³/mol. The molecule has 2 aromatic rings. The van der Waals surface area contributed by atoms with Crippen LogP contribution in [0.25, 0.3) is 10.9 Å². The highest BCUT2D eigenvalue weighted by molar-refractivity contribution is 5.81. The van der Waals surface area contributed by atoms with Gasteiger partial charge in [-0.2, -0.15) is 0 Å². The van der Waals surface area contributed by atoms with Gasteiger partial charge in [0.1, 0.15) is 0 Å². The van der Waals surface area contributed by atoms with E-state index in [9.17, 15) is 4.79 Å². The van der Waals surface area contributed by atoms with E-state index in [1.165, 1.54) is 0 Å². The lowest BCUT2D eigenvalue weighted by atomic mass is 10.1. The number of rotatable bonds is 3. The molecule has 1 unspecified atom stereocenters. The average Bonchev–Trinajstić information content (AvgIpc) is 2.55. The molecule has 1 heterocycles. The third-order valence-electron chi connectivity index (χ3n) is 2.86. The van der Waals surface area contributed by atoms with Crippen molar-refractivity contribution < 1.29 is 0 Å². The second kappa shape index (κ2) is 4.37. The van der Waals surface area contributed by atoms with Crippen molar-refractivity contribution in [1.82, 2.24) is 9.78 Å². The number of hydrogen-bond acceptors (Lipinski definition) is 2. The minimum atomic E-state index is -0.0794. The van der Waals surface area contributed by atoms with Crippen molar-refractivity contribution in [1.29, 1.82) is 0 Å². The number of aromatic nitrogens is 2. The minimum absolute atomic E-state index is 0.0381. The lowest BCUT2D eigenvalue weighted by Gasteiger charge is -2.06. The van der Waals surface area contributed by atoms with Crippen LogP contribution in [0.3, 0.4) is 0 Å². The molecule has 4 nitrogen and oxygen atoms in total. The summed E-state index contributed by atoms with van der Waals surface area (Å²) in [7, 11) is 0. The molecule has 0 spiro atoms. The van der Waals surface area contributed by atoms with Gasteiger partial charge in [-0.25, -0.2) is 0 Å². The summed E-state index contributed by atoms with van der Waals surface area (Å²) in [4.78, 5) is 12.1. The summed E-state index contributed by atoms with van der Waals surface area (Å²) in [5.41, 5.74) is 7.80. The monoisotopic (exact) mass is 233 g/mol. The maximum atomic E-state index is 12.1. The summed E-state index contributed by atoms with van der Waals surface area (Å²) in [5, 5.41) is 3.89. The molecule has 0 aliphatic heterocycles. The molecular formula is C13H19N3O. The maximum Gasteiger partial charge on any atom is 0.274 e. The van der Waals surface area contributed by atoms with Crippen LogP contribution in [0.15, 0.2) is 23.0 Å². The van der Waals surface area contributed by atoms with Crippen LogP contribution >= 0.6 is 0 Å². The van der Waals surface area contributed by atoms with E-state index in [2.05, 4.69) is 18.9 Å². The van der Waals surface area contributed by atoms with Crippen molar-refractivity contribution in [3.63, 3.8) is 0 Å². The highest BCUT2D eigenvalue weighted by atomic mass is 16.1. The van der Waals surface area contributed by atoms with Crippen molar-refractivity contribution in [3.8, 4) is 0 Å². The molecule has 0 saturated carbocycles. The highest BCUT2D eigenvalue weighted by Gasteiger charge is 2.12. The third-order valence-corrected chi connectivity index (χ3v) is 2.86. The topological polar surface area (TPSA) is 63.8 Å². The first-order valence-electron chi connectivity index (χ1n) is 5.97. The Morgan fingerprint density at radius 2 is 2.06 bits per heavy atom. The van der Waals surface area contributed by atoms with Crippen molar-refractivity contribution in [2.24, 2.45) is 11.7 Å². The summed E-state index contributed by atoms with van der Waals surface area (Å²) in [6.45, 7) is 6.80. The van der Waals surface area contributed by atoms with Gasteiger partial charge in [0.05, 0.1) is 10.9 Å². The summed E-state index contributed by atoms with van der Waals surface area (Å²) in [6.07, 6.45) is 0. The molecule has 0 bridgehead atoms. The molecule has 0 aliphatic rings. The Bertz CT molecular complexity index is 578. The smallest absolute Gasteiger partial charge is 0.274 e. The zero-order valence-corrected chi connectivity index (χ0v) is 10.5. The predicted octanol–water partition coefficient (Wildman–Crippen LogP) is 2.01. The van der Waals surface area contributed by atoms with E-state index in [0.29, 0.717) is 12.5 Å². The van der Waals surface area contributed by atoms with E-state index >= 15 is 0 Å².